The molecule has 2 atom stereocenters. The van der Waals surface area contributed by atoms with Gasteiger partial charge in [0.05, 0.1) is 40.3 Å². The Morgan fingerprint density at radius 2 is 0.922 bits per heavy atom. The summed E-state index contributed by atoms with van der Waals surface area (Å²) in [5.74, 6) is -1.78. The van der Waals surface area contributed by atoms with Crippen molar-refractivity contribution in [2.24, 2.45) is 0 Å². The number of aliphatic carboxylic acids is 1. The second-order valence-electron chi connectivity index (χ2n) is 18.1. The summed E-state index contributed by atoms with van der Waals surface area (Å²) >= 11 is 0. The summed E-state index contributed by atoms with van der Waals surface area (Å²) < 4.78 is 17.2. The third-order valence-corrected chi connectivity index (χ3v) is 11.0. The van der Waals surface area contributed by atoms with E-state index in [0.717, 1.165) is 83.5 Å². The van der Waals surface area contributed by atoms with Gasteiger partial charge in [0.25, 0.3) is 0 Å². The smallest absolute Gasteiger partial charge is 0.306 e. The monoisotopic (exact) mass is 894 g/mol. The van der Waals surface area contributed by atoms with Crippen molar-refractivity contribution in [1.29, 1.82) is 0 Å². The molecule has 0 aromatic rings. The number of ether oxygens (including phenoxy) is 3. The zero-order valence-electron chi connectivity index (χ0n) is 41.7. The average Bonchev–Trinajstić information content (AvgIpc) is 3.26. The largest absolute Gasteiger partial charge is 0.544 e. The molecule has 0 N–H and O–H groups in total. The highest BCUT2D eigenvalue weighted by molar-refractivity contribution is 5.70. The SMILES string of the molecule is CC/C=C/C/C=C/C/C=C/C/C=C/C/C=C/CCCCCCC(=O)OC(COCCC(C(=O)[O-])[N+](C)(C)C)COC(=O)CCCCCCCCCCCC/C=C/C=C/CCCCCC. The summed E-state index contributed by atoms with van der Waals surface area (Å²) in [5, 5.41) is 11.7. The number of nitrogens with zero attached hydrogens (tertiary/aromatic N) is 1. The molecule has 366 valence electrons. The fourth-order valence-corrected chi connectivity index (χ4v) is 7.09. The molecule has 0 bridgehead atoms. The van der Waals surface area contributed by atoms with Crippen LogP contribution in [0.3, 0.4) is 0 Å². The molecule has 0 aromatic heterocycles. The third kappa shape index (κ3) is 43.7. The first kappa shape index (κ1) is 60.5. The summed E-state index contributed by atoms with van der Waals surface area (Å²) in [6, 6.07) is -0.736. The van der Waals surface area contributed by atoms with Gasteiger partial charge in [-0.1, -0.05) is 182 Å². The topological polar surface area (TPSA) is 102 Å². The first-order valence-corrected chi connectivity index (χ1v) is 25.6. The van der Waals surface area contributed by atoms with Crippen LogP contribution < -0.4 is 5.11 Å². The number of hydrogen-bond donors (Lipinski definition) is 0. The van der Waals surface area contributed by atoms with E-state index in [4.69, 9.17) is 14.2 Å². The van der Waals surface area contributed by atoms with Crippen LogP contribution in [0, 0.1) is 0 Å². The van der Waals surface area contributed by atoms with Gasteiger partial charge in [-0.05, 0) is 83.5 Å². The van der Waals surface area contributed by atoms with Crippen LogP contribution in [0.25, 0.3) is 0 Å². The molecule has 64 heavy (non-hydrogen) atoms. The zero-order chi connectivity index (χ0) is 47.0. The maximum atomic E-state index is 12.8. The maximum absolute atomic E-state index is 12.8. The van der Waals surface area contributed by atoms with Crippen molar-refractivity contribution in [3.8, 4) is 0 Å². The van der Waals surface area contributed by atoms with Crippen molar-refractivity contribution in [3.63, 3.8) is 0 Å². The molecule has 8 heteroatoms. The lowest BCUT2D eigenvalue weighted by Crippen LogP contribution is -2.55. The van der Waals surface area contributed by atoms with Crippen molar-refractivity contribution in [3.05, 3.63) is 85.1 Å². The fourth-order valence-electron chi connectivity index (χ4n) is 7.09. The van der Waals surface area contributed by atoms with E-state index >= 15 is 0 Å². The van der Waals surface area contributed by atoms with Gasteiger partial charge < -0.3 is 28.6 Å². The van der Waals surface area contributed by atoms with Crippen molar-refractivity contribution >= 4 is 17.9 Å². The molecule has 0 aromatic carbocycles. The van der Waals surface area contributed by atoms with Gasteiger partial charge in [-0.2, -0.15) is 0 Å². The highest BCUT2D eigenvalue weighted by Gasteiger charge is 2.25. The van der Waals surface area contributed by atoms with E-state index in [1.54, 1.807) is 21.1 Å². The van der Waals surface area contributed by atoms with Gasteiger partial charge in [0.2, 0.25) is 0 Å². The summed E-state index contributed by atoms with van der Waals surface area (Å²) in [7, 11) is 5.40. The Balaban J connectivity index is 4.32. The van der Waals surface area contributed by atoms with Crippen molar-refractivity contribution < 1.29 is 38.2 Å². The number of allylic oxidation sites excluding steroid dienone is 14. The molecule has 0 saturated heterocycles. The normalized spacial score (nSPS) is 13.6. The number of esters is 2. The fraction of sp³-hybridized carbons (Fsp3) is 0.696. The molecular weight excluding hydrogens is 799 g/mol. The second kappa shape index (κ2) is 46.1. The summed E-state index contributed by atoms with van der Waals surface area (Å²) in [6.45, 7) is 4.50. The molecule has 8 nitrogen and oxygen atoms in total. The molecule has 2 unspecified atom stereocenters. The molecule has 0 rings (SSSR count). The Morgan fingerprint density at radius 3 is 1.39 bits per heavy atom. The Bertz CT molecular complexity index is 1320. The molecule has 0 aliphatic carbocycles. The Hall–Kier alpha value is -3.49. The van der Waals surface area contributed by atoms with E-state index in [-0.39, 0.29) is 49.1 Å². The first-order valence-electron chi connectivity index (χ1n) is 25.6. The lowest BCUT2D eigenvalue weighted by atomic mass is 10.1. The highest BCUT2D eigenvalue weighted by atomic mass is 16.6. The van der Waals surface area contributed by atoms with E-state index in [1.165, 1.54) is 83.5 Å². The molecule has 0 aliphatic heterocycles. The Kier molecular flexibility index (Phi) is 43.5. The van der Waals surface area contributed by atoms with Crippen LogP contribution in [0.5, 0.6) is 0 Å². The number of unbranched alkanes of at least 4 members (excludes halogenated alkanes) is 18. The number of carboxylic acid groups (broad SMARTS) is 1. The van der Waals surface area contributed by atoms with Gasteiger partial charge in [-0.15, -0.1) is 0 Å². The van der Waals surface area contributed by atoms with Gasteiger partial charge in [0.15, 0.2) is 6.10 Å². The van der Waals surface area contributed by atoms with Crippen LogP contribution in [0.1, 0.15) is 200 Å². The maximum Gasteiger partial charge on any atom is 0.306 e. The predicted octanol–water partition coefficient (Wildman–Crippen LogP) is 13.5. The van der Waals surface area contributed by atoms with Crippen LogP contribution in [0.2, 0.25) is 0 Å². The van der Waals surface area contributed by atoms with E-state index in [9.17, 15) is 19.5 Å². The molecule has 0 radical (unpaired) electrons. The Labute approximate surface area is 393 Å². The lowest BCUT2D eigenvalue weighted by Gasteiger charge is -2.34. The van der Waals surface area contributed by atoms with Gasteiger partial charge in [0, 0.05) is 19.3 Å². The molecule has 0 fully saturated rings. The average molecular weight is 894 g/mol. The van der Waals surface area contributed by atoms with Crippen LogP contribution in [-0.4, -0.2) is 75.5 Å². The molecule has 0 heterocycles. The van der Waals surface area contributed by atoms with Crippen molar-refractivity contribution in [2.45, 2.75) is 212 Å². The summed E-state index contributed by atoms with van der Waals surface area (Å²) in [5.41, 5.74) is 0. The van der Waals surface area contributed by atoms with E-state index < -0.39 is 18.1 Å². The molecular formula is C56H95NO7. The number of hydrogen-bond acceptors (Lipinski definition) is 7. The standard InChI is InChI=1S/C56H95NO7/c1-6-8-10-12-14-16-18-20-22-24-26-28-30-32-34-36-38-40-42-44-46-54(58)63-51-52(50-62-49-48-53(56(60)61)57(3,4)5)64-55(59)47-45-43-41-39-37-35-33-31-29-27-25-23-21-19-17-15-13-11-9-7-2/h9,11,15-18,20-23,27,29,33,35,52-53H,6-8,10,12-14,19,24-26,28,30-32,34,36-51H2,1-5H3/b11-9+,17-15+,18-16+,22-20+,23-21+,29-27+,35-33+. The van der Waals surface area contributed by atoms with E-state index in [0.29, 0.717) is 6.42 Å². The van der Waals surface area contributed by atoms with Crippen molar-refractivity contribution in [1.82, 2.24) is 0 Å². The number of carbonyl (C=O) groups is 3. The van der Waals surface area contributed by atoms with Crippen LogP contribution in [-0.2, 0) is 28.6 Å². The predicted molar refractivity (Wildman–Crippen MR) is 268 cm³/mol. The summed E-state index contributed by atoms with van der Waals surface area (Å²) in [6.07, 6.45) is 60.4. The zero-order valence-corrected chi connectivity index (χ0v) is 41.7. The summed E-state index contributed by atoms with van der Waals surface area (Å²) in [4.78, 5) is 37.0. The van der Waals surface area contributed by atoms with Gasteiger partial charge in [-0.3, -0.25) is 9.59 Å². The minimum absolute atomic E-state index is 0.0249. The van der Waals surface area contributed by atoms with Crippen molar-refractivity contribution in [2.75, 3.05) is 41.0 Å². The van der Waals surface area contributed by atoms with Crippen LogP contribution >= 0.6 is 0 Å². The van der Waals surface area contributed by atoms with E-state index in [1.807, 2.05) is 0 Å². The Morgan fingerprint density at radius 1 is 0.500 bits per heavy atom. The first-order chi connectivity index (χ1) is 31.1. The van der Waals surface area contributed by atoms with Crippen LogP contribution in [0.15, 0.2) is 85.1 Å². The van der Waals surface area contributed by atoms with Gasteiger partial charge in [-0.25, -0.2) is 0 Å². The molecule has 0 amide bonds. The number of rotatable bonds is 45. The number of carbonyl (C=O) groups excluding carboxylic acids is 3. The number of likely N-dealkylation sites (N-methyl/N-ethyl adjacent to an activating group) is 1. The number of quaternary nitrogens is 1. The molecule has 0 aliphatic rings. The van der Waals surface area contributed by atoms with Gasteiger partial charge in [0.1, 0.15) is 12.6 Å². The quantitative estimate of drug-likeness (QED) is 0.0197. The van der Waals surface area contributed by atoms with E-state index in [2.05, 4.69) is 98.9 Å². The molecule has 0 saturated carbocycles. The third-order valence-electron chi connectivity index (χ3n) is 11.0. The van der Waals surface area contributed by atoms with Crippen LogP contribution in [0.4, 0.5) is 0 Å². The highest BCUT2D eigenvalue weighted by Crippen LogP contribution is 2.14. The minimum atomic E-state index is -1.13. The molecule has 0 spiro atoms. The van der Waals surface area contributed by atoms with Gasteiger partial charge >= 0.3 is 11.9 Å². The second-order valence-corrected chi connectivity index (χ2v) is 18.1. The lowest BCUT2D eigenvalue weighted by molar-refractivity contribution is -0.889. The number of carboxylic acids is 1. The minimum Gasteiger partial charge on any atom is -0.544 e.